The minimum atomic E-state index is 0.153. The molecule has 1 aliphatic heterocycles. The van der Waals surface area contributed by atoms with Crippen LogP contribution in [0.4, 0.5) is 0 Å². The van der Waals surface area contributed by atoms with Crippen molar-refractivity contribution in [1.82, 2.24) is 19.6 Å². The summed E-state index contributed by atoms with van der Waals surface area (Å²) in [7, 11) is 0. The topological polar surface area (TPSA) is 47.1 Å². The minimum absolute atomic E-state index is 0.153. The first-order valence-corrected chi connectivity index (χ1v) is 12.0. The van der Waals surface area contributed by atoms with Crippen LogP contribution in [0.1, 0.15) is 83.6 Å². The molecule has 166 valence electrons. The van der Waals surface area contributed by atoms with Gasteiger partial charge in [-0.3, -0.25) is 0 Å². The number of unbranched alkanes of at least 4 members (excludes halogenated alkanes) is 6. The van der Waals surface area contributed by atoms with Gasteiger partial charge in [0.2, 0.25) is 11.7 Å². The van der Waals surface area contributed by atoms with Crippen molar-refractivity contribution in [1.29, 1.82) is 0 Å². The van der Waals surface area contributed by atoms with Gasteiger partial charge in [0, 0.05) is 41.4 Å². The predicted octanol–water partition coefficient (Wildman–Crippen LogP) is 7.11. The second kappa shape index (κ2) is 10.2. The van der Waals surface area contributed by atoms with Crippen LogP contribution in [0.3, 0.4) is 0 Å². The Hall–Kier alpha value is -2.56. The summed E-state index contributed by atoms with van der Waals surface area (Å²) in [5.41, 5.74) is 3.36. The molecule has 0 spiro atoms. The molecule has 0 radical (unpaired) electrons. The van der Waals surface area contributed by atoms with E-state index in [1.54, 1.807) is 0 Å². The number of benzene rings is 1. The lowest BCUT2D eigenvalue weighted by molar-refractivity contribution is 0.252. The number of rotatable bonds is 11. The number of nitrogens with zero attached hydrogens (tertiary/aromatic N) is 4. The summed E-state index contributed by atoms with van der Waals surface area (Å²) in [6, 6.07) is 8.74. The fourth-order valence-corrected chi connectivity index (χ4v) is 4.81. The lowest BCUT2D eigenvalue weighted by Crippen LogP contribution is -2.20. The standard InChI is InChI=1S/C26H36N4O/c1-4-5-6-7-8-9-10-17-29-19-16-21-22(13-11-14-23(21)29)25-27-26(31-28-25)24-15-12-18-30(24)20(2)3/h11,13-14,16,19,24H,2,4-10,12,15,17-18H2,1,3H3/t24-/m0/s1. The van der Waals surface area contributed by atoms with Gasteiger partial charge < -0.3 is 14.0 Å². The Kier molecular flexibility index (Phi) is 7.10. The third-order valence-electron chi connectivity index (χ3n) is 6.53. The summed E-state index contributed by atoms with van der Waals surface area (Å²) >= 11 is 0. The van der Waals surface area contributed by atoms with Gasteiger partial charge >= 0.3 is 0 Å². The molecule has 5 nitrogen and oxygen atoms in total. The van der Waals surface area contributed by atoms with Crippen LogP contribution in [0.5, 0.6) is 0 Å². The Morgan fingerprint density at radius 1 is 1.13 bits per heavy atom. The lowest BCUT2D eigenvalue weighted by Gasteiger charge is -2.23. The Labute approximate surface area is 186 Å². The van der Waals surface area contributed by atoms with Crippen molar-refractivity contribution in [3.8, 4) is 11.4 Å². The molecule has 1 atom stereocenters. The van der Waals surface area contributed by atoms with Gasteiger partial charge in [0.05, 0.1) is 0 Å². The molecule has 0 amide bonds. The number of aryl methyl sites for hydroxylation is 1. The normalized spacial score (nSPS) is 16.5. The molecular formula is C26H36N4O. The third kappa shape index (κ3) is 4.86. The number of fused-ring (bicyclic) bond motifs is 1. The van der Waals surface area contributed by atoms with Crippen LogP contribution in [0.15, 0.2) is 47.3 Å². The van der Waals surface area contributed by atoms with Gasteiger partial charge in [0.15, 0.2) is 0 Å². The molecular weight excluding hydrogens is 384 g/mol. The van der Waals surface area contributed by atoms with E-state index in [0.29, 0.717) is 11.7 Å². The molecule has 3 aromatic rings. The molecule has 1 aromatic carbocycles. The van der Waals surface area contributed by atoms with Crippen LogP contribution >= 0.6 is 0 Å². The van der Waals surface area contributed by atoms with E-state index in [1.807, 2.05) is 6.92 Å². The maximum absolute atomic E-state index is 5.71. The van der Waals surface area contributed by atoms with Crippen LogP contribution < -0.4 is 0 Å². The first-order chi connectivity index (χ1) is 15.2. The molecule has 3 heterocycles. The second-order valence-corrected chi connectivity index (χ2v) is 8.91. The highest BCUT2D eigenvalue weighted by atomic mass is 16.5. The fourth-order valence-electron chi connectivity index (χ4n) is 4.81. The van der Waals surface area contributed by atoms with E-state index in [4.69, 9.17) is 9.51 Å². The molecule has 5 heteroatoms. The number of likely N-dealkylation sites (tertiary alicyclic amines) is 1. The molecule has 2 aromatic heterocycles. The van der Waals surface area contributed by atoms with Gasteiger partial charge in [-0.2, -0.15) is 4.98 Å². The van der Waals surface area contributed by atoms with Crippen molar-refractivity contribution in [2.45, 2.75) is 84.2 Å². The highest BCUT2D eigenvalue weighted by Crippen LogP contribution is 2.35. The first kappa shape index (κ1) is 21.7. The quantitative estimate of drug-likeness (QED) is 0.310. The van der Waals surface area contributed by atoms with Crippen molar-refractivity contribution in [3.63, 3.8) is 0 Å². The smallest absolute Gasteiger partial charge is 0.249 e. The van der Waals surface area contributed by atoms with Crippen molar-refractivity contribution >= 4 is 10.9 Å². The van der Waals surface area contributed by atoms with E-state index < -0.39 is 0 Å². The van der Waals surface area contributed by atoms with Crippen LogP contribution in [0.25, 0.3) is 22.3 Å². The number of hydrogen-bond acceptors (Lipinski definition) is 4. The van der Waals surface area contributed by atoms with Crippen molar-refractivity contribution in [2.75, 3.05) is 6.54 Å². The van der Waals surface area contributed by atoms with Gasteiger partial charge in [-0.1, -0.05) is 69.3 Å². The predicted molar refractivity (Wildman–Crippen MR) is 127 cm³/mol. The minimum Gasteiger partial charge on any atom is -0.364 e. The maximum Gasteiger partial charge on any atom is 0.249 e. The zero-order valence-electron chi connectivity index (χ0n) is 19.1. The molecule has 0 unspecified atom stereocenters. The summed E-state index contributed by atoms with van der Waals surface area (Å²) < 4.78 is 8.07. The lowest BCUT2D eigenvalue weighted by atomic mass is 10.1. The highest BCUT2D eigenvalue weighted by molar-refractivity contribution is 5.93. The molecule has 1 saturated heterocycles. The summed E-state index contributed by atoms with van der Waals surface area (Å²) in [6.07, 6.45) is 13.7. The van der Waals surface area contributed by atoms with Crippen LogP contribution in [-0.4, -0.2) is 26.2 Å². The largest absolute Gasteiger partial charge is 0.364 e. The van der Waals surface area contributed by atoms with E-state index in [2.05, 4.69) is 58.6 Å². The average molecular weight is 421 g/mol. The molecule has 0 bridgehead atoms. The summed E-state index contributed by atoms with van der Waals surface area (Å²) in [5, 5.41) is 5.54. The number of allylic oxidation sites excluding steroid dienone is 1. The van der Waals surface area contributed by atoms with Gasteiger partial charge in [0.25, 0.3) is 0 Å². The molecule has 1 aliphatic rings. The highest BCUT2D eigenvalue weighted by Gasteiger charge is 2.30. The Bertz CT molecular complexity index is 1000. The van der Waals surface area contributed by atoms with Gasteiger partial charge in [-0.25, -0.2) is 0 Å². The number of hydrogen-bond donors (Lipinski definition) is 0. The maximum atomic E-state index is 5.71. The number of aromatic nitrogens is 3. The molecule has 31 heavy (non-hydrogen) atoms. The molecule has 0 saturated carbocycles. The summed E-state index contributed by atoms with van der Waals surface area (Å²) in [4.78, 5) is 7.07. The SMILES string of the molecule is C=C(C)N1CCC[C@H]1c1nc(-c2cccc3c2ccn3CCCCCCCCC)no1. The zero-order valence-corrected chi connectivity index (χ0v) is 19.1. The Morgan fingerprint density at radius 3 is 2.74 bits per heavy atom. The van der Waals surface area contributed by atoms with Crippen LogP contribution in [0, 0.1) is 0 Å². The molecule has 4 rings (SSSR count). The van der Waals surface area contributed by atoms with Crippen LogP contribution in [-0.2, 0) is 6.54 Å². The average Bonchev–Trinajstić information content (AvgIpc) is 3.51. The van der Waals surface area contributed by atoms with E-state index in [0.717, 1.165) is 37.2 Å². The molecule has 0 N–H and O–H groups in total. The van der Waals surface area contributed by atoms with E-state index in [9.17, 15) is 0 Å². The summed E-state index contributed by atoms with van der Waals surface area (Å²) in [6.45, 7) is 10.5. The molecule has 1 fully saturated rings. The monoisotopic (exact) mass is 420 g/mol. The van der Waals surface area contributed by atoms with Gasteiger partial charge in [-0.15, -0.1) is 0 Å². The Morgan fingerprint density at radius 2 is 1.94 bits per heavy atom. The van der Waals surface area contributed by atoms with Crippen molar-refractivity contribution in [3.05, 3.63) is 48.6 Å². The molecule has 0 aliphatic carbocycles. The van der Waals surface area contributed by atoms with Gasteiger partial charge in [-0.05, 0) is 38.3 Å². The third-order valence-corrected chi connectivity index (χ3v) is 6.53. The fraction of sp³-hybridized carbons (Fsp3) is 0.538. The van der Waals surface area contributed by atoms with E-state index >= 15 is 0 Å². The zero-order chi connectivity index (χ0) is 21.6. The second-order valence-electron chi connectivity index (χ2n) is 8.91. The van der Waals surface area contributed by atoms with Gasteiger partial charge in [0.1, 0.15) is 6.04 Å². The van der Waals surface area contributed by atoms with Crippen molar-refractivity contribution in [2.24, 2.45) is 0 Å². The van der Waals surface area contributed by atoms with Crippen molar-refractivity contribution < 1.29 is 4.52 Å². The van der Waals surface area contributed by atoms with E-state index in [-0.39, 0.29) is 6.04 Å². The van der Waals surface area contributed by atoms with E-state index in [1.165, 1.54) is 55.8 Å². The Balaban J connectivity index is 1.45. The van der Waals surface area contributed by atoms with Crippen LogP contribution in [0.2, 0.25) is 0 Å². The first-order valence-electron chi connectivity index (χ1n) is 12.0. The summed E-state index contributed by atoms with van der Waals surface area (Å²) in [5.74, 6) is 1.39.